The van der Waals surface area contributed by atoms with E-state index in [-0.39, 0.29) is 87.6 Å². The third-order valence-corrected chi connectivity index (χ3v) is 33.1. The van der Waals surface area contributed by atoms with Gasteiger partial charge in [-0.2, -0.15) is 0 Å². The minimum Gasteiger partial charge on any atom is -0.485 e. The molecule has 0 spiro atoms. The van der Waals surface area contributed by atoms with Gasteiger partial charge in [0.25, 0.3) is 0 Å². The number of halogens is 12. The molecule has 0 amide bonds. The number of carbonyl (C=O) groups is 9. The molecule has 9 aliphatic rings. The van der Waals surface area contributed by atoms with Gasteiger partial charge in [0.15, 0.2) is 37.8 Å². The van der Waals surface area contributed by atoms with Gasteiger partial charge in [-0.05, 0) is 582 Å². The molecule has 0 N–H and O–H groups in total. The molecule has 3 unspecified atom stereocenters. The van der Waals surface area contributed by atoms with E-state index in [1.807, 2.05) is 61.5 Å². The lowest BCUT2D eigenvalue weighted by atomic mass is 9.50. The third kappa shape index (κ3) is 41.4. The smallest absolute Gasteiger partial charge is 0.485 e. The van der Waals surface area contributed by atoms with E-state index in [4.69, 9.17) is 85.3 Å². The van der Waals surface area contributed by atoms with Crippen molar-refractivity contribution in [2.45, 2.75) is 262 Å². The molecule has 39 heteroatoms. The summed E-state index contributed by atoms with van der Waals surface area (Å²) in [7, 11) is 1.59. The Bertz CT molecular complexity index is 5700. The first kappa shape index (κ1) is 129. The van der Waals surface area contributed by atoms with Gasteiger partial charge in [-0.1, -0.05) is 39.5 Å². The van der Waals surface area contributed by atoms with Crippen LogP contribution < -0.4 is 28.4 Å². The van der Waals surface area contributed by atoms with Gasteiger partial charge in [0.05, 0.1) is 47.9 Å². The average Bonchev–Trinajstić information content (AvgIpc) is 0.959. The van der Waals surface area contributed by atoms with E-state index in [0.717, 1.165) is 112 Å². The molecule has 8 saturated carbocycles. The Balaban J connectivity index is 0.000000216. The first-order valence-corrected chi connectivity index (χ1v) is 59.9. The second-order valence-electron chi connectivity index (χ2n) is 39.2. The van der Waals surface area contributed by atoms with Crippen molar-refractivity contribution in [3.05, 3.63) is 222 Å². The fourth-order valence-electron chi connectivity index (χ4n) is 17.6. The van der Waals surface area contributed by atoms with Crippen LogP contribution in [0.4, 0.5) is 4.79 Å². The first-order chi connectivity index (χ1) is 68.7. The van der Waals surface area contributed by atoms with E-state index in [0.29, 0.717) is 93.5 Å². The molecule has 147 heavy (non-hydrogen) atoms. The van der Waals surface area contributed by atoms with Gasteiger partial charge in [-0.25, -0.2) is 43.2 Å². The summed E-state index contributed by atoms with van der Waals surface area (Å²) in [6.07, 6.45) is 12.9. The Kier molecular flexibility index (Phi) is 52.2. The summed E-state index contributed by atoms with van der Waals surface area (Å²) in [4.78, 5) is 104. The number of esters is 8. The second kappa shape index (κ2) is 59.7. The minimum atomic E-state index is -0.802. The SMILES string of the molecule is C=C(C)C(=O)OCc1cc(I)c(OC(C)OC)c(I)c1.C=C(C)C(=O)OCc1cc(I)c(OC(C)OC2CCOC2=O)c(I)c1.C=C(C)C(=O)OCc1cc(I)c(OC2(C)C3CC4CC(C3)CC2C4)c(I)c1.C=C(C)C(=O)OCc1cc(I)c(OCOC23CC4CC(CC(C4)C2)C3)c(I)c1.C=C(C)C(=O)OCc1cc(I)cc(I)c1OC(=O)OC(C)(C)C.C=C(C)C(=O)OCc1cc(I)cc(I)c1OCC(=O)OC(C)(C)C. The van der Waals surface area contributed by atoms with E-state index in [1.54, 1.807) is 103 Å². The molecule has 0 aromatic heterocycles. The molecule has 6 aromatic carbocycles. The second-order valence-corrected chi connectivity index (χ2v) is 53.3. The van der Waals surface area contributed by atoms with E-state index >= 15 is 0 Å². The molecule has 8 bridgehead atoms. The van der Waals surface area contributed by atoms with E-state index in [9.17, 15) is 43.2 Å². The van der Waals surface area contributed by atoms with Crippen molar-refractivity contribution in [1.82, 2.24) is 0 Å². The summed E-state index contributed by atoms with van der Waals surface area (Å²) in [6, 6.07) is 23.1. The lowest BCUT2D eigenvalue weighted by Gasteiger charge is -2.59. The number of rotatable bonds is 35. The molecule has 27 nitrogen and oxygen atoms in total. The number of carbonyl (C=O) groups excluding carboxylic acids is 9. The molecule has 6 aromatic rings. The monoisotopic (exact) mass is 3380 g/mol. The zero-order chi connectivity index (χ0) is 109. The summed E-state index contributed by atoms with van der Waals surface area (Å²) in [5.41, 5.74) is 5.97. The molecule has 8 aliphatic carbocycles. The van der Waals surface area contributed by atoms with Crippen molar-refractivity contribution in [1.29, 1.82) is 0 Å². The third-order valence-electron chi connectivity index (χ3n) is 23.8. The van der Waals surface area contributed by atoms with E-state index < -0.39 is 53.6 Å². The highest BCUT2D eigenvalue weighted by Gasteiger charge is 2.57. The summed E-state index contributed by atoms with van der Waals surface area (Å²) in [5.74, 6) is 6.69. The maximum atomic E-state index is 11.9. The minimum absolute atomic E-state index is 0.0172. The largest absolute Gasteiger partial charge is 0.514 e. The zero-order valence-corrected chi connectivity index (χ0v) is 111. The summed E-state index contributed by atoms with van der Waals surface area (Å²) < 4.78 is 110. The number of methoxy groups -OCH3 is 1. The Morgan fingerprint density at radius 3 is 1.06 bits per heavy atom. The summed E-state index contributed by atoms with van der Waals surface area (Å²) in [6.45, 7) is 49.1. The molecule has 9 fully saturated rings. The van der Waals surface area contributed by atoms with Crippen molar-refractivity contribution in [3.8, 4) is 34.5 Å². The number of hydrogen-bond acceptors (Lipinski definition) is 27. The maximum Gasteiger partial charge on any atom is 0.514 e. The highest BCUT2D eigenvalue weighted by molar-refractivity contribution is 14.1. The normalized spacial score (nSPS) is 20.1. The van der Waals surface area contributed by atoms with Crippen molar-refractivity contribution in [3.63, 3.8) is 0 Å². The van der Waals surface area contributed by atoms with Crippen LogP contribution in [0.25, 0.3) is 0 Å². The molecule has 0 radical (unpaired) electrons. The van der Waals surface area contributed by atoms with E-state index in [2.05, 4.69) is 330 Å². The van der Waals surface area contributed by atoms with Crippen molar-refractivity contribution < 1.29 is 128 Å². The summed E-state index contributed by atoms with van der Waals surface area (Å²) >= 11 is 26.4. The predicted molar refractivity (Wildman–Crippen MR) is 658 cm³/mol. The van der Waals surface area contributed by atoms with Crippen LogP contribution in [0.1, 0.15) is 214 Å². The zero-order valence-electron chi connectivity index (χ0n) is 84.9. The molecule has 15 rings (SSSR count). The van der Waals surface area contributed by atoms with Crippen LogP contribution in [0, 0.1) is 84.3 Å². The van der Waals surface area contributed by atoms with Gasteiger partial charge in [-0.15, -0.1) is 0 Å². The van der Waals surface area contributed by atoms with Gasteiger partial charge in [0, 0.05) is 65.2 Å². The fraction of sp³-hybridized carbons (Fsp3) is 0.472. The lowest BCUT2D eigenvalue weighted by molar-refractivity contribution is -0.191. The van der Waals surface area contributed by atoms with E-state index in [1.165, 1.54) is 70.6 Å². The molecule has 3 atom stereocenters. The number of benzene rings is 6. The van der Waals surface area contributed by atoms with Gasteiger partial charge in [-0.3, -0.25) is 0 Å². The maximum absolute atomic E-state index is 11.9. The lowest BCUT2D eigenvalue weighted by Crippen LogP contribution is -2.59. The van der Waals surface area contributed by atoms with Gasteiger partial charge in [0.1, 0.15) is 85.2 Å². The van der Waals surface area contributed by atoms with Crippen LogP contribution in [0.2, 0.25) is 0 Å². The highest BCUT2D eigenvalue weighted by atomic mass is 127. The van der Waals surface area contributed by atoms with Gasteiger partial charge < -0.3 is 85.3 Å². The van der Waals surface area contributed by atoms with Crippen molar-refractivity contribution >= 4 is 325 Å². The van der Waals surface area contributed by atoms with Crippen LogP contribution in [0.5, 0.6) is 34.5 Å². The molecule has 802 valence electrons. The number of ether oxygens (including phenoxy) is 18. The Labute approximate surface area is 1030 Å². The quantitative estimate of drug-likeness (QED) is 0.00891. The van der Waals surface area contributed by atoms with Crippen LogP contribution in [-0.4, -0.2) is 122 Å². The molecule has 1 heterocycles. The fourth-order valence-corrected chi connectivity index (χ4v) is 30.4. The predicted octanol–water partition coefficient (Wildman–Crippen LogP) is 28.5. The van der Waals surface area contributed by atoms with Crippen molar-refractivity contribution in [2.75, 3.05) is 27.1 Å². The van der Waals surface area contributed by atoms with Crippen LogP contribution in [0.15, 0.2) is 146 Å². The topological polar surface area (TPSA) is 320 Å². The first-order valence-electron chi connectivity index (χ1n) is 46.9. The number of hydrogen-bond donors (Lipinski definition) is 0. The summed E-state index contributed by atoms with van der Waals surface area (Å²) in [5, 5.41) is 0. The molecule has 1 aliphatic heterocycles. The standard InChI is InChI=1S/C22H26I2O4.C22H26I2O3.C17H18I2O6.C17H20I2O5.C16H18I2O5.C14H16I2O4/c1-13(2)21(25)26-11-17-6-18(23)20(19(24)7-17)27-12-28-22-8-14-3-15(9-22)5-16(4-14)10-22;1-12(2)21(25)26-11-15-9-18(23)20(19(24)10-15)27-22(3)16-5-13-4-14(7-16)8-17(22)6-13;1-9(2)16(20)23-8-11-6-12(18)15(13(19)7-11)25-10(3)24-14-4-5-22-17(14)21;1-10(2)16(21)23-8-11-6-12(18)7-13(19)15(11)22-9-14(20)24-17(3,4)5;1-9(2)14(19)21-8-10-6-11(17)7-12(18)13(10)22-15(20)23-16(3,4)5;1-8(2)14(17)19-7-10-5-11(15)13(12(16)6-10)20-9(3)18-4/h6-7,14-16H,1,3-5,8-12H2,2H3;9-10,13-14,16-17H,1,4-8,11H2,2-3H3;6-7,10,14H,1,4-5,8H2,2-3H3;6-7H,1,8-9H2,2-5H3;6-7H,1,8H2,2-5H3;5-6,9H,1,7H2,2-4H3. The van der Waals surface area contributed by atoms with Crippen LogP contribution >= 0.6 is 271 Å². The Morgan fingerprint density at radius 1 is 0.401 bits per heavy atom. The Hall–Kier alpha value is -3.57. The average molecular weight is 3380 g/mol. The van der Waals surface area contributed by atoms with Crippen LogP contribution in [-0.2, 0) is 135 Å². The number of cyclic esters (lactones) is 1. The van der Waals surface area contributed by atoms with Crippen molar-refractivity contribution in [2.24, 2.45) is 41.4 Å². The van der Waals surface area contributed by atoms with Crippen LogP contribution in [0.3, 0.4) is 0 Å². The Morgan fingerprint density at radius 2 is 0.721 bits per heavy atom. The molecular formula is C108H124I12O27. The molecule has 1 saturated heterocycles. The van der Waals surface area contributed by atoms with Gasteiger partial charge in [0.2, 0.25) is 0 Å². The highest BCUT2D eigenvalue weighted by Crippen LogP contribution is 2.61. The molecular weight excluding hydrogens is 3250 g/mol. The van der Waals surface area contributed by atoms with Gasteiger partial charge >= 0.3 is 53.9 Å².